The molecule has 1 aliphatic heterocycles. The SMILES string of the molecule is CC(=O)c1cc(N2CCCCC2)c(Cl)cc1[N+](=O)[O-]. The number of rotatable bonds is 3. The minimum atomic E-state index is -0.567. The van der Waals surface area contributed by atoms with Gasteiger partial charge >= 0.3 is 0 Å². The van der Waals surface area contributed by atoms with E-state index in [1.807, 2.05) is 0 Å². The number of benzene rings is 1. The van der Waals surface area contributed by atoms with Crippen LogP contribution in [-0.2, 0) is 0 Å². The Morgan fingerprint density at radius 3 is 2.47 bits per heavy atom. The Bertz CT molecular complexity index is 525. The molecule has 5 nitrogen and oxygen atoms in total. The van der Waals surface area contributed by atoms with Gasteiger partial charge in [-0.15, -0.1) is 0 Å². The van der Waals surface area contributed by atoms with Crippen molar-refractivity contribution >= 4 is 28.8 Å². The molecule has 0 saturated carbocycles. The second kappa shape index (κ2) is 5.57. The highest BCUT2D eigenvalue weighted by atomic mass is 35.5. The van der Waals surface area contributed by atoms with Crippen molar-refractivity contribution in [3.8, 4) is 0 Å². The zero-order valence-electron chi connectivity index (χ0n) is 10.7. The molecule has 0 spiro atoms. The maximum absolute atomic E-state index is 11.6. The summed E-state index contributed by atoms with van der Waals surface area (Å²) < 4.78 is 0. The molecule has 6 heteroatoms. The molecule has 0 bridgehead atoms. The number of nitrogens with zero attached hydrogens (tertiary/aromatic N) is 2. The van der Waals surface area contributed by atoms with Crippen LogP contribution in [0.2, 0.25) is 5.02 Å². The lowest BCUT2D eigenvalue weighted by atomic mass is 10.1. The molecule has 0 N–H and O–H groups in total. The fourth-order valence-electron chi connectivity index (χ4n) is 2.36. The van der Waals surface area contributed by atoms with Gasteiger partial charge in [0.05, 0.1) is 21.2 Å². The zero-order chi connectivity index (χ0) is 14.0. The lowest BCUT2D eigenvalue weighted by Crippen LogP contribution is -2.29. The summed E-state index contributed by atoms with van der Waals surface area (Å²) in [7, 11) is 0. The Labute approximate surface area is 116 Å². The number of nitro benzene ring substituents is 1. The van der Waals surface area contributed by atoms with Gasteiger partial charge in [0.2, 0.25) is 0 Å². The normalized spacial score (nSPS) is 15.4. The molecule has 1 aromatic carbocycles. The third kappa shape index (κ3) is 2.87. The van der Waals surface area contributed by atoms with Gasteiger partial charge in [-0.05, 0) is 32.3 Å². The predicted octanol–water partition coefficient (Wildman–Crippen LogP) is 3.44. The van der Waals surface area contributed by atoms with Crippen LogP contribution in [0.1, 0.15) is 36.5 Å². The van der Waals surface area contributed by atoms with Crippen LogP contribution in [0.3, 0.4) is 0 Å². The van der Waals surface area contributed by atoms with Gasteiger partial charge < -0.3 is 4.90 Å². The first-order valence-electron chi connectivity index (χ1n) is 6.24. The highest BCUT2D eigenvalue weighted by molar-refractivity contribution is 6.33. The molecule has 1 heterocycles. The number of anilines is 1. The van der Waals surface area contributed by atoms with Gasteiger partial charge in [-0.25, -0.2) is 0 Å². The van der Waals surface area contributed by atoms with E-state index in [9.17, 15) is 14.9 Å². The standard InChI is InChI=1S/C13H15ClN2O3/c1-9(17)10-7-13(15-5-3-2-4-6-15)11(14)8-12(10)16(18)19/h7-8H,2-6H2,1H3. The van der Waals surface area contributed by atoms with Crippen molar-refractivity contribution in [3.63, 3.8) is 0 Å². The quantitative estimate of drug-likeness (QED) is 0.484. The van der Waals surface area contributed by atoms with Gasteiger partial charge in [0, 0.05) is 19.2 Å². The predicted molar refractivity (Wildman–Crippen MR) is 74.2 cm³/mol. The number of ketones is 1. The van der Waals surface area contributed by atoms with E-state index in [-0.39, 0.29) is 17.0 Å². The molecule has 1 fully saturated rings. The number of hydrogen-bond donors (Lipinski definition) is 0. The van der Waals surface area contributed by atoms with Crippen molar-refractivity contribution in [1.29, 1.82) is 0 Å². The zero-order valence-corrected chi connectivity index (χ0v) is 11.4. The highest BCUT2D eigenvalue weighted by Crippen LogP contribution is 2.34. The van der Waals surface area contributed by atoms with E-state index in [1.54, 1.807) is 6.07 Å². The number of piperidine rings is 1. The smallest absolute Gasteiger partial charge is 0.281 e. The van der Waals surface area contributed by atoms with Gasteiger partial charge in [-0.2, -0.15) is 0 Å². The number of carbonyl (C=O) groups is 1. The van der Waals surface area contributed by atoms with Gasteiger partial charge in [0.1, 0.15) is 0 Å². The van der Waals surface area contributed by atoms with E-state index < -0.39 is 4.92 Å². The summed E-state index contributed by atoms with van der Waals surface area (Å²) in [6, 6.07) is 2.83. The third-order valence-corrected chi connectivity index (χ3v) is 3.64. The number of hydrogen-bond acceptors (Lipinski definition) is 4. The van der Waals surface area contributed by atoms with Crippen LogP contribution >= 0.6 is 11.6 Å². The lowest BCUT2D eigenvalue weighted by Gasteiger charge is -2.29. The number of carbonyl (C=O) groups excluding carboxylic acids is 1. The first kappa shape index (κ1) is 13.8. The summed E-state index contributed by atoms with van der Waals surface area (Å²) in [6.07, 6.45) is 3.33. The van der Waals surface area contributed by atoms with E-state index >= 15 is 0 Å². The molecule has 0 aliphatic carbocycles. The van der Waals surface area contributed by atoms with Crippen LogP contribution in [0.4, 0.5) is 11.4 Å². The van der Waals surface area contributed by atoms with Crippen LogP contribution in [0, 0.1) is 10.1 Å². The van der Waals surface area contributed by atoms with E-state index in [0.717, 1.165) is 31.6 Å². The van der Waals surface area contributed by atoms with Crippen LogP contribution in [0.15, 0.2) is 12.1 Å². The fraction of sp³-hybridized carbons (Fsp3) is 0.462. The second-order valence-electron chi connectivity index (χ2n) is 4.68. The second-order valence-corrected chi connectivity index (χ2v) is 5.09. The fourth-order valence-corrected chi connectivity index (χ4v) is 2.64. The van der Waals surface area contributed by atoms with Crippen LogP contribution in [-0.4, -0.2) is 23.8 Å². The molecule has 1 aromatic rings. The minimum absolute atomic E-state index is 0.120. The first-order chi connectivity index (χ1) is 9.00. The largest absolute Gasteiger partial charge is 0.370 e. The van der Waals surface area contributed by atoms with Crippen molar-refractivity contribution < 1.29 is 9.72 Å². The number of Topliss-reactive ketones (excluding diaryl/α,β-unsaturated/α-hetero) is 1. The topological polar surface area (TPSA) is 63.5 Å². The molecule has 19 heavy (non-hydrogen) atoms. The molecular formula is C13H15ClN2O3. The van der Waals surface area contributed by atoms with Crippen molar-refractivity contribution in [3.05, 3.63) is 32.8 Å². The number of nitro groups is 1. The van der Waals surface area contributed by atoms with Crippen LogP contribution in [0.25, 0.3) is 0 Å². The molecule has 102 valence electrons. The first-order valence-corrected chi connectivity index (χ1v) is 6.62. The van der Waals surface area contributed by atoms with E-state index in [0.29, 0.717) is 5.02 Å². The van der Waals surface area contributed by atoms with E-state index in [2.05, 4.69) is 4.90 Å². The lowest BCUT2D eigenvalue weighted by molar-refractivity contribution is -0.385. The molecule has 0 radical (unpaired) electrons. The van der Waals surface area contributed by atoms with Gasteiger partial charge in [0.15, 0.2) is 5.78 Å². The van der Waals surface area contributed by atoms with Crippen molar-refractivity contribution in [2.45, 2.75) is 26.2 Å². The maximum Gasteiger partial charge on any atom is 0.281 e. The Kier molecular flexibility index (Phi) is 4.04. The van der Waals surface area contributed by atoms with Crippen molar-refractivity contribution in [2.24, 2.45) is 0 Å². The summed E-state index contributed by atoms with van der Waals surface area (Å²) >= 11 is 6.13. The molecule has 1 saturated heterocycles. The van der Waals surface area contributed by atoms with Gasteiger partial charge in [-0.1, -0.05) is 11.6 Å². The third-order valence-electron chi connectivity index (χ3n) is 3.34. The van der Waals surface area contributed by atoms with Crippen molar-refractivity contribution in [1.82, 2.24) is 0 Å². The van der Waals surface area contributed by atoms with E-state index in [1.165, 1.54) is 19.4 Å². The minimum Gasteiger partial charge on any atom is -0.370 e. The van der Waals surface area contributed by atoms with Crippen LogP contribution < -0.4 is 4.90 Å². The number of halogens is 1. The Balaban J connectivity index is 2.47. The molecule has 0 atom stereocenters. The molecule has 0 amide bonds. The summed E-state index contributed by atoms with van der Waals surface area (Å²) in [4.78, 5) is 24.0. The van der Waals surface area contributed by atoms with E-state index in [4.69, 9.17) is 11.6 Å². The summed E-state index contributed by atoms with van der Waals surface area (Å²) in [6.45, 7) is 3.07. The van der Waals surface area contributed by atoms with Crippen molar-refractivity contribution in [2.75, 3.05) is 18.0 Å². The highest BCUT2D eigenvalue weighted by Gasteiger charge is 2.23. The van der Waals surface area contributed by atoms with Gasteiger partial charge in [-0.3, -0.25) is 14.9 Å². The summed E-state index contributed by atoms with van der Waals surface area (Å²) in [5, 5.41) is 11.3. The Hall–Kier alpha value is -1.62. The molecular weight excluding hydrogens is 268 g/mol. The average molecular weight is 283 g/mol. The molecule has 0 aromatic heterocycles. The Morgan fingerprint density at radius 2 is 1.95 bits per heavy atom. The monoisotopic (exact) mass is 282 g/mol. The van der Waals surface area contributed by atoms with Gasteiger partial charge in [0.25, 0.3) is 5.69 Å². The maximum atomic E-state index is 11.6. The average Bonchev–Trinajstić information content (AvgIpc) is 2.39. The summed E-state index contributed by atoms with van der Waals surface area (Å²) in [5.74, 6) is -0.318. The molecule has 0 unspecified atom stereocenters. The van der Waals surface area contributed by atoms with Crippen LogP contribution in [0.5, 0.6) is 0 Å². The summed E-state index contributed by atoms with van der Waals surface area (Å²) in [5.41, 5.74) is 0.616. The molecule has 1 aliphatic rings. The molecule has 2 rings (SSSR count). The Morgan fingerprint density at radius 1 is 1.32 bits per heavy atom.